The van der Waals surface area contributed by atoms with E-state index < -0.39 is 17.9 Å². The molecule has 0 unspecified atom stereocenters. The van der Waals surface area contributed by atoms with E-state index in [0.717, 1.165) is 6.07 Å². The highest BCUT2D eigenvalue weighted by atomic mass is 19.1. The Hall–Kier alpha value is -2.17. The number of hydrogen-bond acceptors (Lipinski definition) is 4. The van der Waals surface area contributed by atoms with E-state index in [2.05, 4.69) is 10.6 Å². The first-order chi connectivity index (χ1) is 10.1. The summed E-state index contributed by atoms with van der Waals surface area (Å²) >= 11 is 0. The lowest BCUT2D eigenvalue weighted by Gasteiger charge is -2.16. The number of nitrogens with zero attached hydrogens (tertiary/aromatic N) is 1. The Labute approximate surface area is 122 Å². The van der Waals surface area contributed by atoms with Gasteiger partial charge in [-0.15, -0.1) is 0 Å². The number of nitriles is 1. The van der Waals surface area contributed by atoms with Gasteiger partial charge in [-0.05, 0) is 18.6 Å². The summed E-state index contributed by atoms with van der Waals surface area (Å²) in [5.74, 6) is -0.549. The summed E-state index contributed by atoms with van der Waals surface area (Å²) in [6, 6.07) is 4.95. The van der Waals surface area contributed by atoms with Crippen LogP contribution in [-0.2, 0) is 11.3 Å². The highest BCUT2D eigenvalue weighted by molar-refractivity contribution is 5.74. The van der Waals surface area contributed by atoms with Crippen LogP contribution in [-0.4, -0.2) is 37.5 Å². The van der Waals surface area contributed by atoms with Gasteiger partial charge in [-0.3, -0.25) is 0 Å². The summed E-state index contributed by atoms with van der Waals surface area (Å²) < 4.78 is 18.5. The molecule has 7 heteroatoms. The van der Waals surface area contributed by atoms with Crippen molar-refractivity contribution in [1.82, 2.24) is 10.6 Å². The first-order valence-corrected chi connectivity index (χ1v) is 6.43. The van der Waals surface area contributed by atoms with E-state index in [9.17, 15) is 9.18 Å². The van der Waals surface area contributed by atoms with Gasteiger partial charge in [-0.2, -0.15) is 5.26 Å². The Kier molecular flexibility index (Phi) is 7.15. The van der Waals surface area contributed by atoms with Crippen LogP contribution >= 0.6 is 0 Å². The molecule has 1 aromatic rings. The standard InChI is InChI=1S/C14H18FN3O3/c1-21-5-4-12(9-19)18-14(20)17-8-11-3-2-10(7-16)6-13(11)15/h2-3,6,12,19H,4-5,8-9H2,1H3,(H2,17,18,20)/t12-/m0/s1. The summed E-state index contributed by atoms with van der Waals surface area (Å²) in [6.45, 7) is 0.198. The van der Waals surface area contributed by atoms with Gasteiger partial charge in [-0.25, -0.2) is 9.18 Å². The van der Waals surface area contributed by atoms with Crippen LogP contribution in [0.15, 0.2) is 18.2 Å². The highest BCUT2D eigenvalue weighted by Gasteiger charge is 2.11. The molecule has 1 rings (SSSR count). The molecule has 0 aliphatic rings. The van der Waals surface area contributed by atoms with Crippen molar-refractivity contribution in [1.29, 1.82) is 5.26 Å². The minimum Gasteiger partial charge on any atom is -0.394 e. The number of halogens is 1. The number of urea groups is 1. The fourth-order valence-corrected chi connectivity index (χ4v) is 1.64. The zero-order chi connectivity index (χ0) is 15.7. The number of aliphatic hydroxyl groups is 1. The van der Waals surface area contributed by atoms with Crippen LogP contribution in [0.4, 0.5) is 9.18 Å². The number of methoxy groups -OCH3 is 1. The van der Waals surface area contributed by atoms with E-state index in [1.54, 1.807) is 0 Å². The van der Waals surface area contributed by atoms with Gasteiger partial charge in [0.15, 0.2) is 0 Å². The summed E-state index contributed by atoms with van der Waals surface area (Å²) in [6.07, 6.45) is 0.478. The summed E-state index contributed by atoms with van der Waals surface area (Å²) in [5, 5.41) is 22.8. The van der Waals surface area contributed by atoms with Crippen molar-refractivity contribution < 1.29 is 19.0 Å². The van der Waals surface area contributed by atoms with E-state index >= 15 is 0 Å². The average molecular weight is 295 g/mol. The Bertz CT molecular complexity index is 517. The molecule has 0 aliphatic heterocycles. The average Bonchev–Trinajstić information content (AvgIpc) is 2.49. The molecule has 0 aliphatic carbocycles. The number of aliphatic hydroxyl groups excluding tert-OH is 1. The summed E-state index contributed by atoms with van der Waals surface area (Å²) in [5.41, 5.74) is 0.502. The number of carbonyl (C=O) groups excluding carboxylic acids is 1. The predicted molar refractivity (Wildman–Crippen MR) is 73.9 cm³/mol. The first-order valence-electron chi connectivity index (χ1n) is 6.43. The topological polar surface area (TPSA) is 94.4 Å². The van der Waals surface area contributed by atoms with Crippen molar-refractivity contribution in [2.75, 3.05) is 20.3 Å². The lowest BCUT2D eigenvalue weighted by molar-refractivity contribution is 0.159. The van der Waals surface area contributed by atoms with Crippen LogP contribution < -0.4 is 10.6 Å². The van der Waals surface area contributed by atoms with E-state index in [1.165, 1.54) is 19.2 Å². The normalized spacial score (nSPS) is 11.5. The van der Waals surface area contributed by atoms with Crippen molar-refractivity contribution in [2.45, 2.75) is 19.0 Å². The van der Waals surface area contributed by atoms with E-state index in [-0.39, 0.29) is 24.3 Å². The van der Waals surface area contributed by atoms with Crippen LogP contribution in [0.2, 0.25) is 0 Å². The van der Waals surface area contributed by atoms with Crippen molar-refractivity contribution in [3.05, 3.63) is 35.1 Å². The van der Waals surface area contributed by atoms with Gasteiger partial charge in [0.2, 0.25) is 0 Å². The van der Waals surface area contributed by atoms with Crippen molar-refractivity contribution in [3.8, 4) is 6.07 Å². The number of nitrogens with one attached hydrogen (secondary N) is 2. The molecular weight excluding hydrogens is 277 g/mol. The van der Waals surface area contributed by atoms with E-state index in [4.69, 9.17) is 15.1 Å². The van der Waals surface area contributed by atoms with Gasteiger partial charge in [-0.1, -0.05) is 6.07 Å². The minimum atomic E-state index is -0.549. The molecule has 0 heterocycles. The van der Waals surface area contributed by atoms with Gasteiger partial charge in [0.25, 0.3) is 0 Å². The number of hydrogen-bond donors (Lipinski definition) is 3. The van der Waals surface area contributed by atoms with E-state index in [1.807, 2.05) is 6.07 Å². The maximum atomic E-state index is 13.6. The Morgan fingerprint density at radius 1 is 1.57 bits per heavy atom. The van der Waals surface area contributed by atoms with Crippen LogP contribution in [0, 0.1) is 17.1 Å². The lowest BCUT2D eigenvalue weighted by Crippen LogP contribution is -2.44. The Morgan fingerprint density at radius 3 is 2.90 bits per heavy atom. The molecule has 2 amide bonds. The first kappa shape index (κ1) is 16.9. The van der Waals surface area contributed by atoms with Crippen LogP contribution in [0.5, 0.6) is 0 Å². The van der Waals surface area contributed by atoms with Crippen LogP contribution in [0.25, 0.3) is 0 Å². The van der Waals surface area contributed by atoms with Gasteiger partial charge >= 0.3 is 6.03 Å². The third-order valence-electron chi connectivity index (χ3n) is 2.85. The van der Waals surface area contributed by atoms with E-state index in [0.29, 0.717) is 13.0 Å². The Morgan fingerprint density at radius 2 is 2.33 bits per heavy atom. The fourth-order valence-electron chi connectivity index (χ4n) is 1.64. The molecule has 0 radical (unpaired) electrons. The summed E-state index contributed by atoms with van der Waals surface area (Å²) in [7, 11) is 1.53. The molecule has 1 atom stereocenters. The molecule has 0 bridgehead atoms. The van der Waals surface area contributed by atoms with Crippen molar-refractivity contribution >= 4 is 6.03 Å². The van der Waals surface area contributed by atoms with Gasteiger partial charge in [0.05, 0.1) is 24.3 Å². The van der Waals surface area contributed by atoms with Crippen molar-refractivity contribution in [3.63, 3.8) is 0 Å². The fraction of sp³-hybridized carbons (Fsp3) is 0.429. The second kappa shape index (κ2) is 8.89. The zero-order valence-corrected chi connectivity index (χ0v) is 11.7. The smallest absolute Gasteiger partial charge is 0.315 e. The second-order valence-corrected chi connectivity index (χ2v) is 4.41. The molecule has 0 fully saturated rings. The van der Waals surface area contributed by atoms with Crippen LogP contribution in [0.3, 0.4) is 0 Å². The number of rotatable bonds is 7. The SMILES string of the molecule is COCC[C@@H](CO)NC(=O)NCc1ccc(C#N)cc1F. The molecule has 114 valence electrons. The van der Waals surface area contributed by atoms with Crippen LogP contribution in [0.1, 0.15) is 17.5 Å². The van der Waals surface area contributed by atoms with Crippen molar-refractivity contribution in [2.24, 2.45) is 0 Å². The predicted octanol–water partition coefficient (Wildman–Crippen LogP) is 0.894. The largest absolute Gasteiger partial charge is 0.394 e. The number of amides is 2. The molecule has 0 saturated heterocycles. The third-order valence-corrected chi connectivity index (χ3v) is 2.85. The molecule has 21 heavy (non-hydrogen) atoms. The van der Waals surface area contributed by atoms with Gasteiger partial charge in [0.1, 0.15) is 5.82 Å². The second-order valence-electron chi connectivity index (χ2n) is 4.41. The molecule has 0 spiro atoms. The van der Waals surface area contributed by atoms with Gasteiger partial charge < -0.3 is 20.5 Å². The molecule has 0 saturated carbocycles. The maximum Gasteiger partial charge on any atom is 0.315 e. The minimum absolute atomic E-state index is 0.00813. The molecular formula is C14H18FN3O3. The quantitative estimate of drug-likeness (QED) is 0.696. The molecule has 1 aromatic carbocycles. The molecule has 3 N–H and O–H groups in total. The third kappa shape index (κ3) is 5.77. The highest BCUT2D eigenvalue weighted by Crippen LogP contribution is 2.09. The zero-order valence-electron chi connectivity index (χ0n) is 11.7. The lowest BCUT2D eigenvalue weighted by atomic mass is 10.1. The summed E-state index contributed by atoms with van der Waals surface area (Å²) in [4.78, 5) is 11.6. The number of carbonyl (C=O) groups is 1. The molecule has 6 nitrogen and oxygen atoms in total. The Balaban J connectivity index is 2.47. The maximum absolute atomic E-state index is 13.6. The number of benzene rings is 1. The monoisotopic (exact) mass is 295 g/mol. The molecule has 0 aromatic heterocycles. The van der Waals surface area contributed by atoms with Gasteiger partial charge in [0, 0.05) is 25.8 Å². The number of ether oxygens (including phenoxy) is 1.